The van der Waals surface area contributed by atoms with Gasteiger partial charge in [0.2, 0.25) is 5.91 Å². The minimum atomic E-state index is -0.425. The molecular weight excluding hydrogens is 362 g/mol. The molecule has 0 bridgehead atoms. The first-order valence-corrected chi connectivity index (χ1v) is 10.2. The zero-order chi connectivity index (χ0) is 18.2. The van der Waals surface area contributed by atoms with Crippen LogP contribution in [0.2, 0.25) is 0 Å². The van der Waals surface area contributed by atoms with Gasteiger partial charge in [0.25, 0.3) is 0 Å². The molecule has 2 N–H and O–H groups in total. The molecule has 1 aromatic rings. The maximum absolute atomic E-state index is 12.5. The van der Waals surface area contributed by atoms with Gasteiger partial charge in [0.05, 0.1) is 6.10 Å². The molecule has 2 aliphatic heterocycles. The van der Waals surface area contributed by atoms with Gasteiger partial charge >= 0.3 is 0 Å². The number of carbonyl (C=O) groups excluding carboxylic acids is 1. The molecule has 3 rings (SSSR count). The number of aliphatic hydroxyl groups is 1. The maximum Gasteiger partial charge on any atom is 0.223 e. The molecule has 2 saturated heterocycles. The largest absolute Gasteiger partial charge is 0.388 e. The molecule has 2 unspecified atom stereocenters. The van der Waals surface area contributed by atoms with Gasteiger partial charge in [-0.15, -0.1) is 12.4 Å². The Morgan fingerprint density at radius 1 is 1.11 bits per heavy atom. The van der Waals surface area contributed by atoms with Crippen molar-refractivity contribution in [3.63, 3.8) is 0 Å². The number of piperazine rings is 1. The Morgan fingerprint density at radius 3 is 2.59 bits per heavy atom. The van der Waals surface area contributed by atoms with E-state index in [9.17, 15) is 9.90 Å². The first kappa shape index (κ1) is 22.2. The van der Waals surface area contributed by atoms with Crippen molar-refractivity contribution >= 4 is 18.3 Å². The van der Waals surface area contributed by atoms with Gasteiger partial charge in [-0.05, 0) is 31.4 Å². The number of benzene rings is 1. The van der Waals surface area contributed by atoms with Crippen molar-refractivity contribution in [3.8, 4) is 0 Å². The summed E-state index contributed by atoms with van der Waals surface area (Å²) < 4.78 is 0. The van der Waals surface area contributed by atoms with Crippen molar-refractivity contribution in [3.05, 3.63) is 35.9 Å². The van der Waals surface area contributed by atoms with Crippen LogP contribution >= 0.6 is 12.4 Å². The summed E-state index contributed by atoms with van der Waals surface area (Å²) in [5, 5.41) is 14.0. The van der Waals surface area contributed by atoms with Gasteiger partial charge in [0.1, 0.15) is 0 Å². The molecule has 1 amide bonds. The monoisotopic (exact) mass is 395 g/mol. The lowest BCUT2D eigenvalue weighted by atomic mass is 9.98. The topological polar surface area (TPSA) is 55.8 Å². The molecule has 0 aromatic heterocycles. The third kappa shape index (κ3) is 6.75. The van der Waals surface area contributed by atoms with E-state index >= 15 is 0 Å². The molecule has 1 aromatic carbocycles. The van der Waals surface area contributed by atoms with Gasteiger partial charge in [0, 0.05) is 45.2 Å². The summed E-state index contributed by atoms with van der Waals surface area (Å²) in [5.41, 5.74) is 0.994. The fourth-order valence-corrected chi connectivity index (χ4v) is 4.18. The quantitative estimate of drug-likeness (QED) is 0.777. The summed E-state index contributed by atoms with van der Waals surface area (Å²) in [6.07, 6.45) is 5.70. The molecule has 2 fully saturated rings. The number of amides is 1. The van der Waals surface area contributed by atoms with E-state index < -0.39 is 6.10 Å². The van der Waals surface area contributed by atoms with Crippen LogP contribution in [0.4, 0.5) is 0 Å². The highest BCUT2D eigenvalue weighted by molar-refractivity contribution is 5.85. The fourth-order valence-electron chi connectivity index (χ4n) is 4.18. The van der Waals surface area contributed by atoms with Crippen LogP contribution in [0.3, 0.4) is 0 Å². The molecule has 0 aliphatic carbocycles. The van der Waals surface area contributed by atoms with Crippen molar-refractivity contribution in [1.82, 2.24) is 15.1 Å². The lowest BCUT2D eigenvalue weighted by molar-refractivity contribution is -0.132. The molecular formula is C21H34ClN3O2. The van der Waals surface area contributed by atoms with Crippen molar-refractivity contribution < 1.29 is 9.90 Å². The zero-order valence-corrected chi connectivity index (χ0v) is 17.0. The average molecular weight is 396 g/mol. The minimum absolute atomic E-state index is 0. The van der Waals surface area contributed by atoms with Gasteiger partial charge in [-0.3, -0.25) is 9.69 Å². The average Bonchev–Trinajstić information content (AvgIpc) is 2.92. The highest BCUT2D eigenvalue weighted by Gasteiger charge is 2.25. The SMILES string of the molecule is Cl.O=C(CCN1CCCCCC1CC(O)c1ccccc1)N1CCNCC1. The van der Waals surface area contributed by atoms with E-state index in [4.69, 9.17) is 0 Å². The number of nitrogens with one attached hydrogen (secondary N) is 1. The Kier molecular flexibility index (Phi) is 9.56. The number of hydrogen-bond donors (Lipinski definition) is 2. The van der Waals surface area contributed by atoms with Gasteiger partial charge in [0.15, 0.2) is 0 Å². The Hall–Kier alpha value is -1.14. The number of nitrogens with zero attached hydrogens (tertiary/aromatic N) is 2. The van der Waals surface area contributed by atoms with Crippen LogP contribution in [0.1, 0.15) is 50.2 Å². The predicted octanol–water partition coefficient (Wildman–Crippen LogP) is 2.60. The molecule has 5 nitrogen and oxygen atoms in total. The van der Waals surface area contributed by atoms with Gasteiger partial charge in [-0.1, -0.05) is 43.2 Å². The van der Waals surface area contributed by atoms with E-state index in [1.807, 2.05) is 35.2 Å². The molecule has 152 valence electrons. The highest BCUT2D eigenvalue weighted by Crippen LogP contribution is 2.26. The molecule has 2 atom stereocenters. The Bertz CT molecular complexity index is 552. The third-order valence-corrected chi connectivity index (χ3v) is 5.76. The second kappa shape index (κ2) is 11.6. The fraction of sp³-hybridized carbons (Fsp3) is 0.667. The first-order valence-electron chi connectivity index (χ1n) is 10.2. The van der Waals surface area contributed by atoms with Gasteiger partial charge in [-0.2, -0.15) is 0 Å². The zero-order valence-electron chi connectivity index (χ0n) is 16.2. The Labute approximate surface area is 169 Å². The van der Waals surface area contributed by atoms with Crippen LogP contribution in [0.15, 0.2) is 30.3 Å². The number of halogens is 1. The highest BCUT2D eigenvalue weighted by atomic mass is 35.5. The van der Waals surface area contributed by atoms with Crippen LogP contribution in [0.25, 0.3) is 0 Å². The van der Waals surface area contributed by atoms with Gasteiger partial charge < -0.3 is 15.3 Å². The van der Waals surface area contributed by atoms with Crippen LogP contribution in [0.5, 0.6) is 0 Å². The summed E-state index contributed by atoms with van der Waals surface area (Å²) in [7, 11) is 0. The van der Waals surface area contributed by atoms with E-state index in [1.165, 1.54) is 19.3 Å². The molecule has 0 radical (unpaired) electrons. The van der Waals surface area contributed by atoms with E-state index in [-0.39, 0.29) is 18.3 Å². The summed E-state index contributed by atoms with van der Waals surface area (Å²) in [6.45, 7) is 5.32. The molecule has 27 heavy (non-hydrogen) atoms. The predicted molar refractivity (Wildman–Crippen MR) is 111 cm³/mol. The second-order valence-electron chi connectivity index (χ2n) is 7.58. The van der Waals surface area contributed by atoms with Crippen LogP contribution in [0, 0.1) is 0 Å². The molecule has 2 heterocycles. The Balaban J connectivity index is 0.00000261. The van der Waals surface area contributed by atoms with Crippen molar-refractivity contribution in [2.45, 2.75) is 50.7 Å². The van der Waals surface area contributed by atoms with Crippen LogP contribution in [-0.2, 0) is 4.79 Å². The first-order chi connectivity index (χ1) is 12.7. The number of hydrogen-bond acceptors (Lipinski definition) is 4. The molecule has 6 heteroatoms. The lowest BCUT2D eigenvalue weighted by Crippen LogP contribution is -2.47. The third-order valence-electron chi connectivity index (χ3n) is 5.76. The Morgan fingerprint density at radius 2 is 1.85 bits per heavy atom. The summed E-state index contributed by atoms with van der Waals surface area (Å²) >= 11 is 0. The number of aliphatic hydroxyl groups excluding tert-OH is 1. The van der Waals surface area contributed by atoms with E-state index in [0.717, 1.165) is 57.7 Å². The van der Waals surface area contributed by atoms with Crippen molar-refractivity contribution in [2.75, 3.05) is 39.3 Å². The standard InChI is InChI=1S/C21H33N3O2.ClH/c25-20(18-7-3-1-4-8-18)17-19-9-5-2-6-13-23(19)14-10-21(26)24-15-11-22-12-16-24;/h1,3-4,7-8,19-20,22,25H,2,5-6,9-17H2;1H. The maximum atomic E-state index is 12.5. The normalized spacial score (nSPS) is 22.6. The minimum Gasteiger partial charge on any atom is -0.388 e. The van der Waals surface area contributed by atoms with Crippen molar-refractivity contribution in [1.29, 1.82) is 0 Å². The summed E-state index contributed by atoms with van der Waals surface area (Å²) in [6, 6.07) is 10.3. The van der Waals surface area contributed by atoms with E-state index in [0.29, 0.717) is 12.5 Å². The van der Waals surface area contributed by atoms with Gasteiger partial charge in [-0.25, -0.2) is 0 Å². The number of rotatable bonds is 6. The van der Waals surface area contributed by atoms with E-state index in [2.05, 4.69) is 10.2 Å². The molecule has 0 spiro atoms. The summed E-state index contributed by atoms with van der Waals surface area (Å²) in [5.74, 6) is 0.276. The number of carbonyl (C=O) groups is 1. The molecule has 2 aliphatic rings. The smallest absolute Gasteiger partial charge is 0.223 e. The lowest BCUT2D eigenvalue weighted by Gasteiger charge is -2.33. The number of likely N-dealkylation sites (tertiary alicyclic amines) is 1. The van der Waals surface area contributed by atoms with E-state index in [1.54, 1.807) is 0 Å². The second-order valence-corrected chi connectivity index (χ2v) is 7.58. The summed E-state index contributed by atoms with van der Waals surface area (Å²) in [4.78, 5) is 16.9. The van der Waals surface area contributed by atoms with Crippen LogP contribution in [-0.4, -0.2) is 66.1 Å². The molecule has 0 saturated carbocycles. The van der Waals surface area contributed by atoms with Crippen LogP contribution < -0.4 is 5.32 Å². The van der Waals surface area contributed by atoms with Crippen molar-refractivity contribution in [2.24, 2.45) is 0 Å².